The molecule has 1 aromatic carbocycles. The van der Waals surface area contributed by atoms with Gasteiger partial charge >= 0.3 is 0 Å². The lowest BCUT2D eigenvalue weighted by Gasteiger charge is -2.17. The fraction of sp³-hybridized carbons (Fsp3) is 0.0625. The average molecular weight is 475 g/mol. The van der Waals surface area contributed by atoms with Crippen LogP contribution in [0.3, 0.4) is 0 Å². The van der Waals surface area contributed by atoms with Crippen LogP contribution in [0.5, 0.6) is 0 Å². The van der Waals surface area contributed by atoms with Crippen molar-refractivity contribution < 1.29 is 17.6 Å². The van der Waals surface area contributed by atoms with Crippen LogP contribution >= 0.6 is 39.0 Å². The number of hydrogen-bond donors (Lipinski definition) is 0. The highest BCUT2D eigenvalue weighted by molar-refractivity contribution is 9.10. The smallest absolute Gasteiger partial charge is 0.207 e. The zero-order valence-corrected chi connectivity index (χ0v) is 16.3. The summed E-state index contributed by atoms with van der Waals surface area (Å²) in [5, 5.41) is 13.3. The van der Waals surface area contributed by atoms with Gasteiger partial charge in [-0.3, -0.25) is 0 Å². The number of rotatable bonds is 3. The Morgan fingerprint density at radius 2 is 1.96 bits per heavy atom. The molecule has 0 radical (unpaired) electrons. The second-order valence-electron chi connectivity index (χ2n) is 5.30. The Labute approximate surface area is 166 Å². The van der Waals surface area contributed by atoms with Crippen LogP contribution in [0.15, 0.2) is 49.3 Å². The molecule has 4 rings (SSSR count). The maximum Gasteiger partial charge on any atom is 0.299 e. The molecule has 1 aliphatic heterocycles. The molecule has 0 aliphatic carbocycles. The predicted octanol–water partition coefficient (Wildman–Crippen LogP) is 5.72. The van der Waals surface area contributed by atoms with Gasteiger partial charge in [-0.05, 0) is 52.0 Å². The molecule has 0 bridgehead atoms. The number of alkyl halides is 2. The second kappa shape index (κ2) is 7.21. The standard InChI is InChI=1S/C16H7BrF4N4S2/c17-7-3-9(26-6-7)5-12-13(10-2-1-8(18)4-11(10)19)24-25-15(14(20)21)22-23-16(25)27-12/h1-6,14H/b12-5+. The number of allylic oxidation sites excluding steroid dienone is 1. The van der Waals surface area contributed by atoms with Crippen molar-refractivity contribution in [3.63, 3.8) is 0 Å². The average Bonchev–Trinajstić information content (AvgIpc) is 3.20. The van der Waals surface area contributed by atoms with E-state index in [1.807, 2.05) is 11.4 Å². The summed E-state index contributed by atoms with van der Waals surface area (Å²) < 4.78 is 55.7. The molecule has 0 spiro atoms. The summed E-state index contributed by atoms with van der Waals surface area (Å²) in [6.45, 7) is 0. The SMILES string of the molecule is Fc1ccc(C2=Nn3c(nnc3C(F)F)S/C2=C/c2cc(Br)cs2)c(F)c1. The van der Waals surface area contributed by atoms with Crippen molar-refractivity contribution in [1.29, 1.82) is 0 Å². The summed E-state index contributed by atoms with van der Waals surface area (Å²) in [7, 11) is 0. The zero-order valence-electron chi connectivity index (χ0n) is 13.0. The van der Waals surface area contributed by atoms with E-state index in [9.17, 15) is 17.6 Å². The molecule has 1 aliphatic rings. The summed E-state index contributed by atoms with van der Waals surface area (Å²) in [5.74, 6) is -2.23. The Hall–Kier alpha value is -1.98. The van der Waals surface area contributed by atoms with Gasteiger partial charge in [0.05, 0.1) is 0 Å². The molecule has 4 nitrogen and oxygen atoms in total. The van der Waals surface area contributed by atoms with E-state index in [2.05, 4.69) is 31.2 Å². The van der Waals surface area contributed by atoms with Crippen LogP contribution in [0, 0.1) is 11.6 Å². The molecular formula is C16H7BrF4N4S2. The number of thiophene rings is 1. The zero-order chi connectivity index (χ0) is 19.1. The molecule has 11 heteroatoms. The van der Waals surface area contributed by atoms with Gasteiger partial charge < -0.3 is 0 Å². The Morgan fingerprint density at radius 1 is 1.15 bits per heavy atom. The molecule has 0 N–H and O–H groups in total. The molecule has 0 atom stereocenters. The first-order chi connectivity index (χ1) is 12.9. The third-order valence-electron chi connectivity index (χ3n) is 3.51. The van der Waals surface area contributed by atoms with E-state index in [1.165, 1.54) is 17.4 Å². The van der Waals surface area contributed by atoms with Gasteiger partial charge in [-0.2, -0.15) is 9.78 Å². The maximum atomic E-state index is 14.4. The van der Waals surface area contributed by atoms with Crippen molar-refractivity contribution in [2.24, 2.45) is 5.10 Å². The summed E-state index contributed by atoms with van der Waals surface area (Å²) in [6, 6.07) is 4.87. The summed E-state index contributed by atoms with van der Waals surface area (Å²) in [4.78, 5) is 1.32. The first-order valence-corrected chi connectivity index (χ1v) is 9.83. The lowest BCUT2D eigenvalue weighted by atomic mass is 10.1. The Kier molecular flexibility index (Phi) is 4.91. The second-order valence-corrected chi connectivity index (χ2v) is 8.17. The summed E-state index contributed by atoms with van der Waals surface area (Å²) >= 11 is 5.82. The maximum absolute atomic E-state index is 14.4. The van der Waals surface area contributed by atoms with Gasteiger partial charge in [0.25, 0.3) is 6.43 Å². The van der Waals surface area contributed by atoms with Crippen LogP contribution in [0.25, 0.3) is 6.08 Å². The first-order valence-electron chi connectivity index (χ1n) is 7.34. The van der Waals surface area contributed by atoms with Crippen LogP contribution in [-0.2, 0) is 0 Å². The van der Waals surface area contributed by atoms with E-state index in [0.717, 1.165) is 37.9 Å². The minimum absolute atomic E-state index is 0.00895. The number of thioether (sulfide) groups is 1. The number of hydrogen-bond acceptors (Lipinski definition) is 5. The number of nitrogens with zero attached hydrogens (tertiary/aromatic N) is 4. The molecule has 0 fully saturated rings. The molecule has 138 valence electrons. The van der Waals surface area contributed by atoms with Gasteiger partial charge in [-0.1, -0.05) is 0 Å². The molecule has 0 saturated heterocycles. The van der Waals surface area contributed by atoms with E-state index >= 15 is 0 Å². The number of benzene rings is 1. The number of aromatic nitrogens is 3. The Bertz CT molecular complexity index is 1090. The van der Waals surface area contributed by atoms with Crippen molar-refractivity contribution in [3.8, 4) is 0 Å². The van der Waals surface area contributed by atoms with Crippen LogP contribution in [0.1, 0.15) is 22.7 Å². The molecule has 0 amide bonds. The van der Waals surface area contributed by atoms with Gasteiger partial charge in [0.1, 0.15) is 17.3 Å². The summed E-state index contributed by atoms with van der Waals surface area (Å²) in [5.41, 5.74) is 0.0848. The van der Waals surface area contributed by atoms with E-state index in [-0.39, 0.29) is 16.4 Å². The van der Waals surface area contributed by atoms with Crippen LogP contribution in [-0.4, -0.2) is 20.6 Å². The molecule has 27 heavy (non-hydrogen) atoms. The third-order valence-corrected chi connectivity index (χ3v) is 6.12. The molecule has 0 unspecified atom stereocenters. The van der Waals surface area contributed by atoms with Gasteiger partial charge in [0.2, 0.25) is 11.0 Å². The fourth-order valence-electron chi connectivity index (χ4n) is 2.37. The minimum Gasteiger partial charge on any atom is -0.207 e. The van der Waals surface area contributed by atoms with Crippen LogP contribution in [0.2, 0.25) is 0 Å². The lowest BCUT2D eigenvalue weighted by Crippen LogP contribution is -2.15. The highest BCUT2D eigenvalue weighted by atomic mass is 79.9. The largest absolute Gasteiger partial charge is 0.299 e. The van der Waals surface area contributed by atoms with Crippen LogP contribution in [0.4, 0.5) is 17.6 Å². The van der Waals surface area contributed by atoms with Gasteiger partial charge in [0.15, 0.2) is 0 Å². The van der Waals surface area contributed by atoms with Crippen molar-refractivity contribution in [1.82, 2.24) is 14.9 Å². The van der Waals surface area contributed by atoms with E-state index < -0.39 is 23.9 Å². The third kappa shape index (κ3) is 3.58. The molecule has 0 saturated carbocycles. The van der Waals surface area contributed by atoms with Gasteiger partial charge in [0, 0.05) is 31.3 Å². The minimum atomic E-state index is -2.89. The molecular weight excluding hydrogens is 468 g/mol. The van der Waals surface area contributed by atoms with E-state index in [4.69, 9.17) is 0 Å². The van der Waals surface area contributed by atoms with Gasteiger partial charge in [-0.25, -0.2) is 17.6 Å². The quantitative estimate of drug-likeness (QED) is 0.456. The van der Waals surface area contributed by atoms with Crippen molar-refractivity contribution >= 4 is 50.8 Å². The topological polar surface area (TPSA) is 43.1 Å². The van der Waals surface area contributed by atoms with E-state index in [1.54, 1.807) is 6.08 Å². The normalized spacial score (nSPS) is 15.3. The fourth-order valence-corrected chi connectivity index (χ4v) is 4.75. The molecule has 3 aromatic rings. The Morgan fingerprint density at radius 3 is 2.63 bits per heavy atom. The van der Waals surface area contributed by atoms with Crippen molar-refractivity contribution in [3.05, 3.63) is 66.9 Å². The number of halogens is 5. The monoisotopic (exact) mass is 474 g/mol. The van der Waals surface area contributed by atoms with Crippen molar-refractivity contribution in [2.75, 3.05) is 0 Å². The van der Waals surface area contributed by atoms with E-state index in [0.29, 0.717) is 4.91 Å². The van der Waals surface area contributed by atoms with Crippen LogP contribution < -0.4 is 0 Å². The molecule has 2 aromatic heterocycles. The highest BCUT2D eigenvalue weighted by Gasteiger charge is 2.29. The summed E-state index contributed by atoms with van der Waals surface area (Å²) in [6.07, 6.45) is -1.16. The predicted molar refractivity (Wildman–Crippen MR) is 99.1 cm³/mol. The lowest BCUT2D eigenvalue weighted by molar-refractivity contribution is 0.135. The van der Waals surface area contributed by atoms with Crippen molar-refractivity contribution in [2.45, 2.75) is 11.6 Å². The first kappa shape index (κ1) is 18.4. The van der Waals surface area contributed by atoms with Gasteiger partial charge in [-0.15, -0.1) is 21.5 Å². The molecule has 3 heterocycles. The highest BCUT2D eigenvalue weighted by Crippen LogP contribution is 2.37. The Balaban J connectivity index is 1.90. The number of fused-ring (bicyclic) bond motifs is 1.